The maximum atomic E-state index is 13.2. The van der Waals surface area contributed by atoms with Crippen molar-refractivity contribution in [1.82, 2.24) is 20.3 Å². The molecule has 1 aliphatic rings. The zero-order chi connectivity index (χ0) is 16.6. The van der Waals surface area contributed by atoms with Crippen molar-refractivity contribution in [3.05, 3.63) is 34.5 Å². The highest BCUT2D eigenvalue weighted by molar-refractivity contribution is 5.96. The quantitative estimate of drug-likeness (QED) is 0.939. The predicted octanol–water partition coefficient (Wildman–Crippen LogP) is 2.35. The van der Waals surface area contributed by atoms with Gasteiger partial charge in [0, 0.05) is 6.54 Å². The number of aryl methyl sites for hydroxylation is 2. The first kappa shape index (κ1) is 15.7. The van der Waals surface area contributed by atoms with E-state index in [2.05, 4.69) is 15.4 Å². The zero-order valence-electron chi connectivity index (χ0n) is 13.9. The summed E-state index contributed by atoms with van der Waals surface area (Å²) in [6.45, 7) is 9.27. The number of morpholine rings is 1. The van der Waals surface area contributed by atoms with Crippen molar-refractivity contribution in [2.24, 2.45) is 0 Å². The normalized spacial score (nSPS) is 18.7. The summed E-state index contributed by atoms with van der Waals surface area (Å²) in [7, 11) is 0. The van der Waals surface area contributed by atoms with Crippen molar-refractivity contribution in [2.45, 2.75) is 39.7 Å². The number of rotatable bonds is 3. The van der Waals surface area contributed by atoms with E-state index in [0.29, 0.717) is 36.8 Å². The minimum absolute atomic E-state index is 0.0604. The van der Waals surface area contributed by atoms with Crippen LogP contribution in [0.1, 0.15) is 58.9 Å². The highest BCUT2D eigenvalue weighted by atomic mass is 16.5. The molecule has 1 N–H and O–H groups in total. The Kier molecular flexibility index (Phi) is 4.21. The molecule has 2 aromatic rings. The lowest BCUT2D eigenvalue weighted by Gasteiger charge is -2.35. The van der Waals surface area contributed by atoms with Gasteiger partial charge in [0.25, 0.3) is 5.91 Å². The monoisotopic (exact) mass is 318 g/mol. The third kappa shape index (κ3) is 2.76. The highest BCUT2D eigenvalue weighted by Gasteiger charge is 2.34. The lowest BCUT2D eigenvalue weighted by molar-refractivity contribution is -0.00423. The van der Waals surface area contributed by atoms with Crippen LogP contribution in [-0.4, -0.2) is 45.9 Å². The topological polar surface area (TPSA) is 84.2 Å². The second-order valence-corrected chi connectivity index (χ2v) is 6.21. The number of carbonyl (C=O) groups excluding carboxylic acids is 1. The molecular formula is C16H22N4O3. The molecule has 1 fully saturated rings. The van der Waals surface area contributed by atoms with Gasteiger partial charge in [-0.25, -0.2) is 0 Å². The number of aromatic amines is 1. The van der Waals surface area contributed by atoms with Gasteiger partial charge in [-0.3, -0.25) is 9.89 Å². The Bertz CT molecular complexity index is 704. The van der Waals surface area contributed by atoms with Crippen LogP contribution in [-0.2, 0) is 4.74 Å². The van der Waals surface area contributed by atoms with Crippen LogP contribution < -0.4 is 0 Å². The third-order valence-corrected chi connectivity index (χ3v) is 4.24. The fourth-order valence-corrected chi connectivity index (χ4v) is 2.97. The van der Waals surface area contributed by atoms with Crippen molar-refractivity contribution in [2.75, 3.05) is 19.8 Å². The molecule has 1 amide bonds. The summed E-state index contributed by atoms with van der Waals surface area (Å²) in [5.74, 6) is 0.625. The Balaban J connectivity index is 1.97. The van der Waals surface area contributed by atoms with E-state index < -0.39 is 0 Å². The van der Waals surface area contributed by atoms with Crippen LogP contribution in [0.4, 0.5) is 0 Å². The summed E-state index contributed by atoms with van der Waals surface area (Å²) in [6, 6.07) is -0.173. The molecule has 0 aliphatic carbocycles. The van der Waals surface area contributed by atoms with Gasteiger partial charge < -0.3 is 14.2 Å². The Hall–Kier alpha value is -2.15. The maximum absolute atomic E-state index is 13.2. The molecule has 124 valence electrons. The van der Waals surface area contributed by atoms with E-state index in [1.165, 1.54) is 0 Å². The van der Waals surface area contributed by atoms with Crippen molar-refractivity contribution in [3.63, 3.8) is 0 Å². The van der Waals surface area contributed by atoms with Gasteiger partial charge in [-0.15, -0.1) is 0 Å². The molecule has 7 nitrogen and oxygen atoms in total. The Morgan fingerprint density at radius 2 is 2.22 bits per heavy atom. The summed E-state index contributed by atoms with van der Waals surface area (Å²) in [4.78, 5) is 15.0. The first-order valence-electron chi connectivity index (χ1n) is 7.85. The number of aromatic nitrogens is 3. The molecule has 7 heteroatoms. The first-order chi connectivity index (χ1) is 11.0. The third-order valence-electron chi connectivity index (χ3n) is 4.24. The van der Waals surface area contributed by atoms with Gasteiger partial charge in [0.1, 0.15) is 11.3 Å². The van der Waals surface area contributed by atoms with E-state index in [9.17, 15) is 4.79 Å². The van der Waals surface area contributed by atoms with Crippen molar-refractivity contribution in [3.8, 4) is 0 Å². The van der Waals surface area contributed by atoms with Gasteiger partial charge in [0.2, 0.25) is 0 Å². The molecule has 3 rings (SSSR count). The molecule has 0 saturated carbocycles. The molecular weight excluding hydrogens is 296 g/mol. The van der Waals surface area contributed by atoms with Gasteiger partial charge in [-0.2, -0.15) is 5.10 Å². The standard InChI is InChI=1S/C16H22N4O3/c1-9(2)14-13(11(4)23-19-14)16(21)20-5-6-22-8-12(20)15-10(3)7-17-18-15/h7,9,12H,5-6,8H2,1-4H3,(H,17,18)/t12-/m1/s1. The second kappa shape index (κ2) is 6.16. The fourth-order valence-electron chi connectivity index (χ4n) is 2.97. The molecule has 1 aliphatic heterocycles. The Labute approximate surface area is 135 Å². The minimum atomic E-state index is -0.173. The molecule has 3 heterocycles. The average Bonchev–Trinajstić information content (AvgIpc) is 3.12. The van der Waals surface area contributed by atoms with Crippen LogP contribution >= 0.6 is 0 Å². The summed E-state index contributed by atoms with van der Waals surface area (Å²) < 4.78 is 10.9. The van der Waals surface area contributed by atoms with E-state index in [1.807, 2.05) is 25.7 Å². The molecule has 1 saturated heterocycles. The van der Waals surface area contributed by atoms with Crippen molar-refractivity contribution >= 4 is 5.91 Å². The molecule has 0 aromatic carbocycles. The summed E-state index contributed by atoms with van der Waals surface area (Å²) in [5, 5.41) is 11.1. The number of amides is 1. The number of nitrogens with one attached hydrogen (secondary N) is 1. The van der Waals surface area contributed by atoms with Crippen LogP contribution in [0.2, 0.25) is 0 Å². The first-order valence-corrected chi connectivity index (χ1v) is 7.85. The van der Waals surface area contributed by atoms with Crippen molar-refractivity contribution in [1.29, 1.82) is 0 Å². The zero-order valence-corrected chi connectivity index (χ0v) is 13.9. The average molecular weight is 318 g/mol. The minimum Gasteiger partial charge on any atom is -0.377 e. The van der Waals surface area contributed by atoms with E-state index in [-0.39, 0.29) is 17.9 Å². The largest absolute Gasteiger partial charge is 0.377 e. The van der Waals surface area contributed by atoms with E-state index in [1.54, 1.807) is 13.1 Å². The van der Waals surface area contributed by atoms with Crippen LogP contribution in [0.25, 0.3) is 0 Å². The summed E-state index contributed by atoms with van der Waals surface area (Å²) in [6.07, 6.45) is 1.76. The molecule has 0 spiro atoms. The Morgan fingerprint density at radius 3 is 2.87 bits per heavy atom. The number of H-pyrrole nitrogens is 1. The van der Waals surface area contributed by atoms with Gasteiger partial charge in [-0.05, 0) is 25.3 Å². The smallest absolute Gasteiger partial charge is 0.260 e. The molecule has 2 aromatic heterocycles. The van der Waals surface area contributed by atoms with Crippen LogP contribution in [0.15, 0.2) is 10.7 Å². The number of hydrogen-bond acceptors (Lipinski definition) is 5. The number of carbonyl (C=O) groups is 1. The van der Waals surface area contributed by atoms with Crippen molar-refractivity contribution < 1.29 is 14.1 Å². The van der Waals surface area contributed by atoms with E-state index in [4.69, 9.17) is 9.26 Å². The summed E-state index contributed by atoms with van der Waals surface area (Å²) >= 11 is 0. The molecule has 23 heavy (non-hydrogen) atoms. The lowest BCUT2D eigenvalue weighted by Crippen LogP contribution is -2.44. The molecule has 0 radical (unpaired) electrons. The predicted molar refractivity (Wildman–Crippen MR) is 83.3 cm³/mol. The van der Waals surface area contributed by atoms with Gasteiger partial charge in [0.05, 0.1) is 36.8 Å². The summed E-state index contributed by atoms with van der Waals surface area (Å²) in [5.41, 5.74) is 3.21. The maximum Gasteiger partial charge on any atom is 0.260 e. The van der Waals surface area contributed by atoms with Gasteiger partial charge >= 0.3 is 0 Å². The number of hydrogen-bond donors (Lipinski definition) is 1. The van der Waals surface area contributed by atoms with Crippen LogP contribution in [0.5, 0.6) is 0 Å². The Morgan fingerprint density at radius 1 is 1.43 bits per heavy atom. The van der Waals surface area contributed by atoms with Crippen LogP contribution in [0.3, 0.4) is 0 Å². The molecule has 1 atom stereocenters. The fraction of sp³-hybridized carbons (Fsp3) is 0.562. The second-order valence-electron chi connectivity index (χ2n) is 6.21. The van der Waals surface area contributed by atoms with Gasteiger partial charge in [0.15, 0.2) is 0 Å². The van der Waals surface area contributed by atoms with Gasteiger partial charge in [-0.1, -0.05) is 19.0 Å². The number of nitrogens with zero attached hydrogens (tertiary/aromatic N) is 3. The SMILES string of the molecule is Cc1cn[nH]c1[C@H]1COCCN1C(=O)c1c(C(C)C)noc1C. The lowest BCUT2D eigenvalue weighted by atomic mass is 10.0. The highest BCUT2D eigenvalue weighted by Crippen LogP contribution is 2.30. The molecule has 0 bridgehead atoms. The van der Waals surface area contributed by atoms with E-state index in [0.717, 1.165) is 11.3 Å². The molecule has 0 unspecified atom stereocenters. The number of ether oxygens (including phenoxy) is 1. The van der Waals surface area contributed by atoms with E-state index >= 15 is 0 Å². The van der Waals surface area contributed by atoms with Crippen LogP contribution in [0, 0.1) is 13.8 Å².